The van der Waals surface area contributed by atoms with E-state index in [-0.39, 0.29) is 6.61 Å². The van der Waals surface area contributed by atoms with E-state index in [0.717, 1.165) is 29.9 Å². The molecule has 0 fully saturated rings. The van der Waals surface area contributed by atoms with E-state index in [1.807, 2.05) is 54.6 Å². The summed E-state index contributed by atoms with van der Waals surface area (Å²) in [6.07, 6.45) is 1.59. The number of unbranched alkanes of at least 4 members (excludes halogenated alkanes) is 1. The number of aliphatic hydroxyl groups is 1. The summed E-state index contributed by atoms with van der Waals surface area (Å²) in [7, 11) is 0. The van der Waals surface area contributed by atoms with Crippen molar-refractivity contribution in [2.45, 2.75) is 19.4 Å². The van der Waals surface area contributed by atoms with Gasteiger partial charge in [-0.25, -0.2) is 0 Å². The summed E-state index contributed by atoms with van der Waals surface area (Å²) in [5, 5.41) is 8.75. The highest BCUT2D eigenvalue weighted by atomic mass is 16.5. The molecule has 0 saturated heterocycles. The van der Waals surface area contributed by atoms with Crippen molar-refractivity contribution in [1.29, 1.82) is 0 Å². The fourth-order valence-corrected chi connectivity index (χ4v) is 1.82. The summed E-state index contributed by atoms with van der Waals surface area (Å²) in [5.41, 5.74) is 1.13. The van der Waals surface area contributed by atoms with Crippen molar-refractivity contribution in [2.24, 2.45) is 0 Å². The molecule has 0 unspecified atom stereocenters. The lowest BCUT2D eigenvalue weighted by molar-refractivity contribution is 0.238. The second-order valence-corrected chi connectivity index (χ2v) is 4.50. The van der Waals surface area contributed by atoms with Crippen LogP contribution in [0.2, 0.25) is 0 Å². The second-order valence-electron chi connectivity index (χ2n) is 4.50. The van der Waals surface area contributed by atoms with Crippen LogP contribution in [0.4, 0.5) is 0 Å². The van der Waals surface area contributed by atoms with E-state index >= 15 is 0 Å². The van der Waals surface area contributed by atoms with E-state index in [4.69, 9.17) is 14.6 Å². The predicted octanol–water partition coefficient (Wildman–Crippen LogP) is 3.42. The van der Waals surface area contributed by atoms with Gasteiger partial charge < -0.3 is 14.6 Å². The lowest BCUT2D eigenvalue weighted by atomic mass is 10.2. The van der Waals surface area contributed by atoms with Gasteiger partial charge in [-0.2, -0.15) is 0 Å². The summed E-state index contributed by atoms with van der Waals surface area (Å²) >= 11 is 0. The highest BCUT2D eigenvalue weighted by Gasteiger charge is 2.04. The van der Waals surface area contributed by atoms with Gasteiger partial charge in [0, 0.05) is 6.61 Å². The Morgan fingerprint density at radius 3 is 2.10 bits per heavy atom. The Hall–Kier alpha value is -2.00. The molecule has 0 spiro atoms. The molecule has 0 aromatic heterocycles. The molecule has 0 saturated carbocycles. The molecule has 3 heteroatoms. The molecule has 2 aromatic rings. The third kappa shape index (κ3) is 4.59. The Bertz CT molecular complexity index is 497. The van der Waals surface area contributed by atoms with Gasteiger partial charge in [0.15, 0.2) is 11.5 Å². The third-order valence-corrected chi connectivity index (χ3v) is 2.90. The van der Waals surface area contributed by atoms with Crippen LogP contribution in [0.1, 0.15) is 18.4 Å². The predicted molar refractivity (Wildman–Crippen MR) is 79.0 cm³/mol. The van der Waals surface area contributed by atoms with Crippen LogP contribution in [0.5, 0.6) is 11.5 Å². The number of ether oxygens (including phenoxy) is 2. The number of benzene rings is 2. The Morgan fingerprint density at radius 1 is 0.750 bits per heavy atom. The number of hydrogen-bond donors (Lipinski definition) is 1. The molecule has 0 aliphatic rings. The molecular formula is C17H20O3. The fourth-order valence-electron chi connectivity index (χ4n) is 1.82. The zero-order valence-corrected chi connectivity index (χ0v) is 11.5. The fraction of sp³-hybridized carbons (Fsp3) is 0.294. The van der Waals surface area contributed by atoms with Crippen molar-refractivity contribution < 1.29 is 14.6 Å². The Kier molecular flexibility index (Phi) is 5.93. The molecular weight excluding hydrogens is 252 g/mol. The van der Waals surface area contributed by atoms with Crippen LogP contribution in [0, 0.1) is 0 Å². The van der Waals surface area contributed by atoms with Crippen molar-refractivity contribution >= 4 is 0 Å². The average Bonchev–Trinajstić information content (AvgIpc) is 2.51. The molecule has 1 N–H and O–H groups in total. The minimum atomic E-state index is 0.204. The highest BCUT2D eigenvalue weighted by Crippen LogP contribution is 2.27. The second kappa shape index (κ2) is 8.23. The van der Waals surface area contributed by atoms with Gasteiger partial charge >= 0.3 is 0 Å². The monoisotopic (exact) mass is 272 g/mol. The van der Waals surface area contributed by atoms with Crippen LogP contribution in [-0.2, 0) is 6.61 Å². The van der Waals surface area contributed by atoms with E-state index in [9.17, 15) is 0 Å². The van der Waals surface area contributed by atoms with E-state index < -0.39 is 0 Å². The standard InChI is InChI=1S/C17H20O3/c18-12-6-7-13-19-16-10-4-5-11-17(16)20-14-15-8-2-1-3-9-15/h1-5,8-11,18H,6-7,12-14H2. The lowest BCUT2D eigenvalue weighted by Gasteiger charge is -2.12. The largest absolute Gasteiger partial charge is 0.490 e. The van der Waals surface area contributed by atoms with Gasteiger partial charge in [0.1, 0.15) is 6.61 Å². The van der Waals surface area contributed by atoms with Crippen molar-refractivity contribution in [3.8, 4) is 11.5 Å². The average molecular weight is 272 g/mol. The van der Waals surface area contributed by atoms with Crippen molar-refractivity contribution in [3.63, 3.8) is 0 Å². The zero-order chi connectivity index (χ0) is 14.0. The maximum atomic E-state index is 8.75. The van der Waals surface area contributed by atoms with Crippen LogP contribution in [0.25, 0.3) is 0 Å². The number of aliphatic hydroxyl groups excluding tert-OH is 1. The van der Waals surface area contributed by atoms with Crippen LogP contribution < -0.4 is 9.47 Å². The van der Waals surface area contributed by atoms with Crippen LogP contribution in [-0.4, -0.2) is 18.3 Å². The van der Waals surface area contributed by atoms with Crippen LogP contribution in [0.3, 0.4) is 0 Å². The van der Waals surface area contributed by atoms with Crippen molar-refractivity contribution in [1.82, 2.24) is 0 Å². The lowest BCUT2D eigenvalue weighted by Crippen LogP contribution is -2.02. The smallest absolute Gasteiger partial charge is 0.161 e. The molecule has 0 bridgehead atoms. The summed E-state index contributed by atoms with van der Waals surface area (Å²) in [6, 6.07) is 17.7. The zero-order valence-electron chi connectivity index (χ0n) is 11.5. The number of hydrogen-bond acceptors (Lipinski definition) is 3. The first-order chi connectivity index (χ1) is 9.90. The molecule has 0 radical (unpaired) electrons. The molecule has 0 aliphatic carbocycles. The molecule has 2 aromatic carbocycles. The van der Waals surface area contributed by atoms with Crippen LogP contribution >= 0.6 is 0 Å². The van der Waals surface area contributed by atoms with Crippen LogP contribution in [0.15, 0.2) is 54.6 Å². The third-order valence-electron chi connectivity index (χ3n) is 2.90. The maximum Gasteiger partial charge on any atom is 0.161 e. The Balaban J connectivity index is 1.90. The molecule has 0 amide bonds. The van der Waals surface area contributed by atoms with Gasteiger partial charge in [0.05, 0.1) is 6.61 Å². The SMILES string of the molecule is OCCCCOc1ccccc1OCc1ccccc1. The highest BCUT2D eigenvalue weighted by molar-refractivity contribution is 5.39. The van der Waals surface area contributed by atoms with Gasteiger partial charge in [-0.15, -0.1) is 0 Å². The number of para-hydroxylation sites is 2. The first-order valence-corrected chi connectivity index (χ1v) is 6.89. The first-order valence-electron chi connectivity index (χ1n) is 6.89. The molecule has 106 valence electrons. The Labute approximate surface area is 119 Å². The molecule has 0 atom stereocenters. The van der Waals surface area contributed by atoms with Gasteiger partial charge in [0.25, 0.3) is 0 Å². The van der Waals surface area contributed by atoms with E-state index in [2.05, 4.69) is 0 Å². The quantitative estimate of drug-likeness (QED) is 0.748. The van der Waals surface area contributed by atoms with E-state index in [1.54, 1.807) is 0 Å². The number of rotatable bonds is 8. The van der Waals surface area contributed by atoms with E-state index in [1.165, 1.54) is 0 Å². The minimum absolute atomic E-state index is 0.204. The van der Waals surface area contributed by atoms with Gasteiger partial charge in [-0.05, 0) is 30.5 Å². The Morgan fingerprint density at radius 2 is 1.40 bits per heavy atom. The van der Waals surface area contributed by atoms with Gasteiger partial charge in [-0.3, -0.25) is 0 Å². The maximum absolute atomic E-state index is 8.75. The summed E-state index contributed by atoms with van der Waals surface area (Å²) in [5.74, 6) is 1.50. The molecule has 2 rings (SSSR count). The first kappa shape index (κ1) is 14.4. The van der Waals surface area contributed by atoms with Crippen molar-refractivity contribution in [3.05, 3.63) is 60.2 Å². The van der Waals surface area contributed by atoms with Gasteiger partial charge in [0.2, 0.25) is 0 Å². The van der Waals surface area contributed by atoms with Gasteiger partial charge in [-0.1, -0.05) is 42.5 Å². The molecule has 20 heavy (non-hydrogen) atoms. The van der Waals surface area contributed by atoms with Crippen molar-refractivity contribution in [2.75, 3.05) is 13.2 Å². The minimum Gasteiger partial charge on any atom is -0.490 e. The summed E-state index contributed by atoms with van der Waals surface area (Å²) in [4.78, 5) is 0. The van der Waals surface area contributed by atoms with E-state index in [0.29, 0.717) is 13.2 Å². The summed E-state index contributed by atoms with van der Waals surface area (Å²) < 4.78 is 11.5. The molecule has 3 nitrogen and oxygen atoms in total. The molecule has 0 aliphatic heterocycles. The topological polar surface area (TPSA) is 38.7 Å². The summed E-state index contributed by atoms with van der Waals surface area (Å²) in [6.45, 7) is 1.32. The molecule has 0 heterocycles. The normalized spacial score (nSPS) is 10.2.